The van der Waals surface area contributed by atoms with Gasteiger partial charge in [-0.15, -0.1) is 0 Å². The Hall–Kier alpha value is -0.800. The summed E-state index contributed by atoms with van der Waals surface area (Å²) in [4.78, 5) is 9.50. The van der Waals surface area contributed by atoms with Crippen LogP contribution in [0, 0.1) is 0 Å². The van der Waals surface area contributed by atoms with Crippen molar-refractivity contribution in [2.45, 2.75) is 4.90 Å². The van der Waals surface area contributed by atoms with Crippen molar-refractivity contribution in [3.63, 3.8) is 0 Å². The molecule has 7 nitrogen and oxygen atoms in total. The van der Waals surface area contributed by atoms with E-state index in [0.717, 1.165) is 6.07 Å². The molecule has 0 bridgehead atoms. The first-order valence-corrected chi connectivity index (χ1v) is 4.95. The van der Waals surface area contributed by atoms with Crippen LogP contribution < -0.4 is 29.6 Å². The number of aromatic hydroxyl groups is 2. The van der Waals surface area contributed by atoms with Gasteiger partial charge in [0.1, 0.15) is 10.5 Å². The van der Waals surface area contributed by atoms with Crippen LogP contribution in [0.1, 0.15) is 11.8 Å². The van der Waals surface area contributed by atoms with E-state index in [1.165, 1.54) is 0 Å². The molecule has 0 heterocycles. The SMILES string of the molecule is O=C(O)c1ccc(S(=O)(=O)O)c(O)c1O.[H-].[Na+]. The van der Waals surface area contributed by atoms with Gasteiger partial charge in [-0.2, -0.15) is 8.42 Å². The minimum atomic E-state index is -4.70. The fraction of sp³-hybridized carbons (Fsp3) is 0. The normalized spacial score (nSPS) is 10.6. The molecule has 1 aromatic carbocycles. The van der Waals surface area contributed by atoms with E-state index in [9.17, 15) is 13.2 Å². The van der Waals surface area contributed by atoms with E-state index in [-0.39, 0.29) is 31.0 Å². The molecule has 0 aliphatic heterocycles. The average Bonchev–Trinajstić information content (AvgIpc) is 2.06. The van der Waals surface area contributed by atoms with E-state index in [1.54, 1.807) is 0 Å². The van der Waals surface area contributed by atoms with E-state index in [1.807, 2.05) is 0 Å². The molecule has 0 radical (unpaired) electrons. The Balaban J connectivity index is 0. The largest absolute Gasteiger partial charge is 1.00 e. The number of benzene rings is 1. The molecule has 0 atom stereocenters. The van der Waals surface area contributed by atoms with Crippen LogP contribution in [-0.2, 0) is 10.1 Å². The number of hydrogen-bond acceptors (Lipinski definition) is 5. The van der Waals surface area contributed by atoms with Crippen LogP contribution >= 0.6 is 0 Å². The van der Waals surface area contributed by atoms with Crippen molar-refractivity contribution in [1.29, 1.82) is 0 Å². The number of hydrogen-bond donors (Lipinski definition) is 4. The Morgan fingerprint density at radius 3 is 2.06 bits per heavy atom. The summed E-state index contributed by atoms with van der Waals surface area (Å²) in [5.41, 5.74) is -0.667. The summed E-state index contributed by atoms with van der Waals surface area (Å²) in [7, 11) is -4.70. The van der Waals surface area contributed by atoms with Crippen LogP contribution in [0.15, 0.2) is 17.0 Å². The summed E-state index contributed by atoms with van der Waals surface area (Å²) in [5.74, 6) is -3.85. The molecule has 1 aromatic rings. The first-order chi connectivity index (χ1) is 6.75. The van der Waals surface area contributed by atoms with Crippen LogP contribution in [-0.4, -0.2) is 34.3 Å². The molecule has 9 heteroatoms. The molecule has 1 rings (SSSR count). The zero-order chi connectivity index (χ0) is 11.8. The molecule has 0 saturated heterocycles. The number of rotatable bonds is 2. The maximum Gasteiger partial charge on any atom is 1.00 e. The molecule has 0 saturated carbocycles. The van der Waals surface area contributed by atoms with Gasteiger partial charge in [0.25, 0.3) is 10.1 Å². The summed E-state index contributed by atoms with van der Waals surface area (Å²) in [6.45, 7) is 0. The van der Waals surface area contributed by atoms with Crippen molar-refractivity contribution in [1.82, 2.24) is 0 Å². The van der Waals surface area contributed by atoms with Gasteiger partial charge in [0, 0.05) is 0 Å². The molecule has 84 valence electrons. The predicted molar refractivity (Wildman–Crippen MR) is 47.7 cm³/mol. The summed E-state index contributed by atoms with van der Waals surface area (Å²) in [6.07, 6.45) is 0. The zero-order valence-corrected chi connectivity index (χ0v) is 10.9. The number of carboxylic acids is 1. The summed E-state index contributed by atoms with van der Waals surface area (Å²) in [5, 5.41) is 26.7. The fourth-order valence-electron chi connectivity index (χ4n) is 0.942. The van der Waals surface area contributed by atoms with E-state index >= 15 is 0 Å². The first-order valence-electron chi connectivity index (χ1n) is 3.51. The van der Waals surface area contributed by atoms with E-state index in [4.69, 9.17) is 19.9 Å². The molecule has 0 unspecified atom stereocenters. The summed E-state index contributed by atoms with van der Waals surface area (Å²) < 4.78 is 29.8. The third kappa shape index (κ3) is 2.86. The Kier molecular flexibility index (Phi) is 4.77. The van der Waals surface area contributed by atoms with Crippen molar-refractivity contribution in [3.8, 4) is 11.5 Å². The quantitative estimate of drug-likeness (QED) is 0.255. The topological polar surface area (TPSA) is 132 Å². The fourth-order valence-corrected chi connectivity index (χ4v) is 1.52. The maximum atomic E-state index is 10.6. The van der Waals surface area contributed by atoms with Crippen molar-refractivity contribution < 1.29 is 64.1 Å². The van der Waals surface area contributed by atoms with Crippen molar-refractivity contribution in [3.05, 3.63) is 17.7 Å². The molecule has 0 amide bonds. The van der Waals surface area contributed by atoms with E-state index < -0.39 is 38.0 Å². The Morgan fingerprint density at radius 2 is 1.69 bits per heavy atom. The predicted octanol–water partition coefficient (Wildman–Crippen LogP) is -2.84. The van der Waals surface area contributed by atoms with Crippen molar-refractivity contribution >= 4 is 16.1 Å². The number of phenols is 2. The molecule has 0 fully saturated rings. The van der Waals surface area contributed by atoms with Gasteiger partial charge in [-0.05, 0) is 12.1 Å². The number of carbonyl (C=O) groups is 1. The van der Waals surface area contributed by atoms with Crippen molar-refractivity contribution in [2.75, 3.05) is 0 Å². The smallest absolute Gasteiger partial charge is 1.00 e. The van der Waals surface area contributed by atoms with Gasteiger partial charge in [-0.25, -0.2) is 4.79 Å². The molecule has 0 aromatic heterocycles. The second kappa shape index (κ2) is 5.02. The number of carboxylic acid groups (broad SMARTS) is 1. The molecular weight excluding hydrogens is 251 g/mol. The minimum absolute atomic E-state index is 0. The van der Waals surface area contributed by atoms with Gasteiger partial charge in [-0.1, -0.05) is 0 Å². The number of aromatic carboxylic acids is 1. The standard InChI is InChI=1S/C7H6O7S.Na.H/c8-5-3(7(10)11)1-2-4(6(5)9)15(12,13)14;;/h1-2,8-9H,(H,10,11)(H,12,13,14);;/q;+1;-1. The minimum Gasteiger partial charge on any atom is -1.00 e. The van der Waals surface area contributed by atoms with Crippen LogP contribution in [0.2, 0.25) is 0 Å². The van der Waals surface area contributed by atoms with Crippen LogP contribution in [0.4, 0.5) is 0 Å². The summed E-state index contributed by atoms with van der Waals surface area (Å²) in [6, 6.07) is 1.42. The molecule has 4 N–H and O–H groups in total. The van der Waals surface area contributed by atoms with Crippen LogP contribution in [0.3, 0.4) is 0 Å². The van der Waals surface area contributed by atoms with E-state index in [0.29, 0.717) is 6.07 Å². The third-order valence-corrected chi connectivity index (χ3v) is 2.51. The Morgan fingerprint density at radius 1 is 1.19 bits per heavy atom. The van der Waals surface area contributed by atoms with Gasteiger partial charge in [0.05, 0.1) is 0 Å². The average molecular weight is 258 g/mol. The van der Waals surface area contributed by atoms with Gasteiger partial charge >= 0.3 is 35.5 Å². The molecule has 16 heavy (non-hydrogen) atoms. The second-order valence-corrected chi connectivity index (χ2v) is 3.98. The van der Waals surface area contributed by atoms with Crippen LogP contribution in [0.25, 0.3) is 0 Å². The molecule has 0 aliphatic carbocycles. The van der Waals surface area contributed by atoms with Gasteiger partial charge in [-0.3, -0.25) is 4.55 Å². The summed E-state index contributed by atoms with van der Waals surface area (Å²) >= 11 is 0. The van der Waals surface area contributed by atoms with Gasteiger partial charge < -0.3 is 16.7 Å². The monoisotopic (exact) mass is 258 g/mol. The molecule has 0 spiro atoms. The Bertz CT molecular complexity index is 527. The van der Waals surface area contributed by atoms with Gasteiger partial charge in [0.15, 0.2) is 11.5 Å². The maximum absolute atomic E-state index is 10.6. The Labute approximate surface area is 114 Å². The zero-order valence-electron chi connectivity index (χ0n) is 9.08. The first kappa shape index (κ1) is 15.2. The second-order valence-electron chi connectivity index (χ2n) is 2.59. The van der Waals surface area contributed by atoms with E-state index in [2.05, 4.69) is 0 Å². The third-order valence-electron chi connectivity index (χ3n) is 1.62. The van der Waals surface area contributed by atoms with Crippen molar-refractivity contribution in [2.24, 2.45) is 0 Å². The molecular formula is C7H7NaO7S. The van der Waals surface area contributed by atoms with Crippen LogP contribution in [0.5, 0.6) is 11.5 Å². The number of phenolic OH excluding ortho intramolecular Hbond substituents is 1. The van der Waals surface area contributed by atoms with Gasteiger partial charge in [0.2, 0.25) is 0 Å². The molecule has 0 aliphatic rings.